The molecule has 2 aliphatic carbocycles. The SMILES string of the molecule is CC1CC2Cc3cccc(O)c3CC2C1. The van der Waals surface area contributed by atoms with Gasteiger partial charge in [0.15, 0.2) is 0 Å². The topological polar surface area (TPSA) is 20.2 Å². The Morgan fingerprint density at radius 1 is 1.13 bits per heavy atom. The van der Waals surface area contributed by atoms with Crippen LogP contribution in [-0.4, -0.2) is 5.11 Å². The van der Waals surface area contributed by atoms with Crippen molar-refractivity contribution in [2.24, 2.45) is 17.8 Å². The summed E-state index contributed by atoms with van der Waals surface area (Å²) in [7, 11) is 0. The number of rotatable bonds is 0. The van der Waals surface area contributed by atoms with Crippen molar-refractivity contribution in [2.75, 3.05) is 0 Å². The molecule has 1 saturated carbocycles. The highest BCUT2D eigenvalue weighted by molar-refractivity contribution is 5.41. The normalized spacial score (nSPS) is 33.5. The molecule has 1 nitrogen and oxygen atoms in total. The molecule has 0 aromatic heterocycles. The zero-order valence-electron chi connectivity index (χ0n) is 9.24. The molecule has 2 aliphatic rings. The summed E-state index contributed by atoms with van der Waals surface area (Å²) < 4.78 is 0. The summed E-state index contributed by atoms with van der Waals surface area (Å²) in [6.07, 6.45) is 5.05. The molecule has 15 heavy (non-hydrogen) atoms. The Labute approximate surface area is 91.1 Å². The molecule has 0 aliphatic heterocycles. The first-order valence-electron chi connectivity index (χ1n) is 6.03. The van der Waals surface area contributed by atoms with Gasteiger partial charge in [0.1, 0.15) is 5.75 Å². The molecule has 1 fully saturated rings. The van der Waals surface area contributed by atoms with E-state index in [0.29, 0.717) is 5.75 Å². The fourth-order valence-electron chi connectivity index (χ4n) is 3.61. The summed E-state index contributed by atoms with van der Waals surface area (Å²) in [5, 5.41) is 9.84. The summed E-state index contributed by atoms with van der Waals surface area (Å²) in [4.78, 5) is 0. The molecule has 3 atom stereocenters. The second-order valence-electron chi connectivity index (χ2n) is 5.42. The Kier molecular flexibility index (Phi) is 2.01. The maximum absolute atomic E-state index is 9.84. The van der Waals surface area contributed by atoms with Gasteiger partial charge in [-0.1, -0.05) is 19.1 Å². The molecule has 3 unspecified atom stereocenters. The number of fused-ring (bicyclic) bond motifs is 2. The maximum Gasteiger partial charge on any atom is 0.119 e. The van der Waals surface area contributed by atoms with Crippen LogP contribution >= 0.6 is 0 Å². The van der Waals surface area contributed by atoms with Crippen LogP contribution in [-0.2, 0) is 12.8 Å². The smallest absolute Gasteiger partial charge is 0.119 e. The molecule has 1 aromatic rings. The van der Waals surface area contributed by atoms with Gasteiger partial charge in [-0.05, 0) is 60.6 Å². The highest BCUT2D eigenvalue weighted by Crippen LogP contribution is 2.45. The molecule has 1 aromatic carbocycles. The number of phenolic OH excluding ortho intramolecular Hbond substituents is 1. The Morgan fingerprint density at radius 3 is 2.67 bits per heavy atom. The molecule has 0 heterocycles. The van der Waals surface area contributed by atoms with Crippen molar-refractivity contribution < 1.29 is 5.11 Å². The molecule has 1 N–H and O–H groups in total. The van der Waals surface area contributed by atoms with Gasteiger partial charge >= 0.3 is 0 Å². The Morgan fingerprint density at radius 2 is 1.87 bits per heavy atom. The summed E-state index contributed by atoms with van der Waals surface area (Å²) in [6.45, 7) is 2.36. The number of hydrogen-bond acceptors (Lipinski definition) is 1. The Hall–Kier alpha value is -0.980. The van der Waals surface area contributed by atoms with Gasteiger partial charge in [-0.2, -0.15) is 0 Å². The standard InChI is InChI=1S/C14H18O/c1-9-5-11-7-10-3-2-4-14(15)13(10)8-12(11)6-9/h2-4,9,11-12,15H,5-8H2,1H3. The minimum atomic E-state index is 0.519. The van der Waals surface area contributed by atoms with E-state index in [2.05, 4.69) is 13.0 Å². The predicted molar refractivity (Wildman–Crippen MR) is 60.9 cm³/mol. The van der Waals surface area contributed by atoms with Gasteiger partial charge < -0.3 is 5.11 Å². The van der Waals surface area contributed by atoms with Crippen LogP contribution in [0, 0.1) is 17.8 Å². The van der Waals surface area contributed by atoms with Gasteiger partial charge in [0.2, 0.25) is 0 Å². The van der Waals surface area contributed by atoms with E-state index in [1.807, 2.05) is 12.1 Å². The summed E-state index contributed by atoms with van der Waals surface area (Å²) in [5.74, 6) is 3.12. The van der Waals surface area contributed by atoms with Crippen molar-refractivity contribution in [3.63, 3.8) is 0 Å². The van der Waals surface area contributed by atoms with Crippen LogP contribution in [0.3, 0.4) is 0 Å². The van der Waals surface area contributed by atoms with E-state index in [-0.39, 0.29) is 0 Å². The van der Waals surface area contributed by atoms with Crippen LogP contribution in [0.1, 0.15) is 30.9 Å². The molecular weight excluding hydrogens is 184 g/mol. The molecule has 0 saturated heterocycles. The average molecular weight is 202 g/mol. The predicted octanol–water partition coefficient (Wildman–Crippen LogP) is 3.15. The summed E-state index contributed by atoms with van der Waals surface area (Å²) in [5.41, 5.74) is 2.62. The lowest BCUT2D eigenvalue weighted by molar-refractivity contribution is 0.351. The molecule has 0 radical (unpaired) electrons. The average Bonchev–Trinajstić information content (AvgIpc) is 2.55. The van der Waals surface area contributed by atoms with Crippen molar-refractivity contribution >= 4 is 0 Å². The molecule has 0 spiro atoms. The second-order valence-corrected chi connectivity index (χ2v) is 5.42. The van der Waals surface area contributed by atoms with Gasteiger partial charge in [-0.15, -0.1) is 0 Å². The van der Waals surface area contributed by atoms with E-state index in [0.717, 1.165) is 24.2 Å². The zero-order valence-corrected chi connectivity index (χ0v) is 9.24. The molecule has 0 amide bonds. The van der Waals surface area contributed by atoms with Gasteiger partial charge in [0.25, 0.3) is 0 Å². The van der Waals surface area contributed by atoms with Crippen molar-refractivity contribution in [1.29, 1.82) is 0 Å². The third-order valence-electron chi connectivity index (χ3n) is 4.27. The van der Waals surface area contributed by atoms with E-state index in [1.54, 1.807) is 0 Å². The van der Waals surface area contributed by atoms with E-state index in [4.69, 9.17) is 0 Å². The van der Waals surface area contributed by atoms with Crippen LogP contribution in [0.25, 0.3) is 0 Å². The Balaban J connectivity index is 1.96. The van der Waals surface area contributed by atoms with Crippen LogP contribution in [0.15, 0.2) is 18.2 Å². The first-order chi connectivity index (χ1) is 7.24. The zero-order chi connectivity index (χ0) is 10.4. The van der Waals surface area contributed by atoms with Crippen LogP contribution in [0.4, 0.5) is 0 Å². The highest BCUT2D eigenvalue weighted by Gasteiger charge is 2.36. The van der Waals surface area contributed by atoms with Crippen molar-refractivity contribution in [2.45, 2.75) is 32.6 Å². The summed E-state index contributed by atoms with van der Waals surface area (Å²) in [6, 6.07) is 6.00. The number of benzene rings is 1. The quantitative estimate of drug-likeness (QED) is 0.685. The van der Waals surface area contributed by atoms with Gasteiger partial charge in [0.05, 0.1) is 0 Å². The number of phenols is 1. The fourth-order valence-corrected chi connectivity index (χ4v) is 3.61. The van der Waals surface area contributed by atoms with Crippen molar-refractivity contribution in [1.82, 2.24) is 0 Å². The van der Waals surface area contributed by atoms with Crippen LogP contribution in [0.2, 0.25) is 0 Å². The minimum Gasteiger partial charge on any atom is -0.508 e. The van der Waals surface area contributed by atoms with E-state index >= 15 is 0 Å². The molecule has 1 heteroatoms. The van der Waals surface area contributed by atoms with E-state index in [9.17, 15) is 5.11 Å². The Bertz CT molecular complexity index is 383. The van der Waals surface area contributed by atoms with Crippen molar-refractivity contribution in [3.8, 4) is 5.75 Å². The first-order valence-corrected chi connectivity index (χ1v) is 6.03. The lowest BCUT2D eigenvalue weighted by atomic mass is 9.77. The van der Waals surface area contributed by atoms with E-state index in [1.165, 1.54) is 30.4 Å². The van der Waals surface area contributed by atoms with Gasteiger partial charge in [-0.3, -0.25) is 0 Å². The molecule has 3 rings (SSSR count). The fraction of sp³-hybridized carbons (Fsp3) is 0.571. The first kappa shape index (κ1) is 9.26. The van der Waals surface area contributed by atoms with Gasteiger partial charge in [-0.25, -0.2) is 0 Å². The number of hydrogen-bond donors (Lipinski definition) is 1. The molecular formula is C14H18O. The van der Waals surface area contributed by atoms with Crippen molar-refractivity contribution in [3.05, 3.63) is 29.3 Å². The lowest BCUT2D eigenvalue weighted by Crippen LogP contribution is -2.20. The van der Waals surface area contributed by atoms with E-state index < -0.39 is 0 Å². The number of aromatic hydroxyl groups is 1. The monoisotopic (exact) mass is 202 g/mol. The largest absolute Gasteiger partial charge is 0.508 e. The van der Waals surface area contributed by atoms with Crippen LogP contribution < -0.4 is 0 Å². The molecule has 0 bridgehead atoms. The highest BCUT2D eigenvalue weighted by atomic mass is 16.3. The maximum atomic E-state index is 9.84. The second kappa shape index (κ2) is 3.26. The third-order valence-corrected chi connectivity index (χ3v) is 4.27. The third kappa shape index (κ3) is 1.45. The van der Waals surface area contributed by atoms with Crippen LogP contribution in [0.5, 0.6) is 5.75 Å². The summed E-state index contributed by atoms with van der Waals surface area (Å²) >= 11 is 0. The lowest BCUT2D eigenvalue weighted by Gasteiger charge is -2.28. The minimum absolute atomic E-state index is 0.519. The molecule has 80 valence electrons. The van der Waals surface area contributed by atoms with Gasteiger partial charge in [0, 0.05) is 0 Å².